The molecule has 0 aromatic heterocycles. The first-order valence-corrected chi connectivity index (χ1v) is 8.84. The number of benzene rings is 2. The number of nitrogens with one attached hydrogen (secondary N) is 1. The molecule has 1 heterocycles. The number of rotatable bonds is 3. The molecule has 0 radical (unpaired) electrons. The van der Waals surface area contributed by atoms with Crippen LogP contribution in [-0.2, 0) is 0 Å². The second-order valence-corrected chi connectivity index (χ2v) is 7.16. The molecule has 0 aliphatic carbocycles. The SMILES string of the molecule is Cc1cc(C)c(Sc2ccccc2N2CCNCC2)cc1Cl. The summed E-state index contributed by atoms with van der Waals surface area (Å²) in [6.07, 6.45) is 0. The molecule has 1 aliphatic rings. The van der Waals surface area contributed by atoms with E-state index < -0.39 is 0 Å². The van der Waals surface area contributed by atoms with Crippen LogP contribution in [0.15, 0.2) is 46.2 Å². The molecule has 0 atom stereocenters. The van der Waals surface area contributed by atoms with Crippen molar-refractivity contribution in [3.05, 3.63) is 52.5 Å². The van der Waals surface area contributed by atoms with Gasteiger partial charge in [0.25, 0.3) is 0 Å². The Morgan fingerprint density at radius 2 is 1.73 bits per heavy atom. The monoisotopic (exact) mass is 332 g/mol. The van der Waals surface area contributed by atoms with Gasteiger partial charge in [0.15, 0.2) is 0 Å². The Labute approximate surface area is 141 Å². The van der Waals surface area contributed by atoms with Crippen molar-refractivity contribution in [1.29, 1.82) is 0 Å². The van der Waals surface area contributed by atoms with Gasteiger partial charge in [0.2, 0.25) is 0 Å². The maximum atomic E-state index is 6.31. The molecule has 1 saturated heterocycles. The fourth-order valence-electron chi connectivity index (χ4n) is 2.75. The van der Waals surface area contributed by atoms with Gasteiger partial charge >= 0.3 is 0 Å². The first kappa shape index (κ1) is 15.7. The van der Waals surface area contributed by atoms with Crippen LogP contribution in [0.3, 0.4) is 0 Å². The van der Waals surface area contributed by atoms with Gasteiger partial charge in [-0.05, 0) is 43.2 Å². The van der Waals surface area contributed by atoms with Crippen molar-refractivity contribution in [3.8, 4) is 0 Å². The molecule has 116 valence electrons. The summed E-state index contributed by atoms with van der Waals surface area (Å²) in [6.45, 7) is 8.43. The number of para-hydroxylation sites is 1. The summed E-state index contributed by atoms with van der Waals surface area (Å²) in [5.74, 6) is 0. The molecule has 1 N–H and O–H groups in total. The average Bonchev–Trinajstić information content (AvgIpc) is 2.54. The maximum absolute atomic E-state index is 6.31. The van der Waals surface area contributed by atoms with E-state index >= 15 is 0 Å². The van der Waals surface area contributed by atoms with Gasteiger partial charge in [-0.1, -0.05) is 41.6 Å². The molecule has 0 unspecified atom stereocenters. The summed E-state index contributed by atoms with van der Waals surface area (Å²) in [5.41, 5.74) is 3.74. The van der Waals surface area contributed by atoms with Crippen molar-refractivity contribution in [3.63, 3.8) is 0 Å². The smallest absolute Gasteiger partial charge is 0.0508 e. The molecule has 2 nitrogen and oxygen atoms in total. The van der Waals surface area contributed by atoms with Crippen LogP contribution in [0.4, 0.5) is 5.69 Å². The number of halogens is 1. The molecule has 3 rings (SSSR count). The predicted molar refractivity (Wildman–Crippen MR) is 96.6 cm³/mol. The van der Waals surface area contributed by atoms with Gasteiger partial charge in [0, 0.05) is 41.0 Å². The van der Waals surface area contributed by atoms with Crippen LogP contribution in [0.5, 0.6) is 0 Å². The molecular formula is C18H21ClN2S. The number of nitrogens with zero attached hydrogens (tertiary/aromatic N) is 1. The van der Waals surface area contributed by atoms with E-state index in [1.165, 1.54) is 21.0 Å². The largest absolute Gasteiger partial charge is 0.368 e. The van der Waals surface area contributed by atoms with Gasteiger partial charge in [-0.25, -0.2) is 0 Å². The van der Waals surface area contributed by atoms with E-state index in [-0.39, 0.29) is 0 Å². The topological polar surface area (TPSA) is 15.3 Å². The van der Waals surface area contributed by atoms with Crippen LogP contribution in [-0.4, -0.2) is 26.2 Å². The second-order valence-electron chi connectivity index (χ2n) is 5.67. The molecule has 0 amide bonds. The zero-order chi connectivity index (χ0) is 15.5. The van der Waals surface area contributed by atoms with E-state index in [9.17, 15) is 0 Å². The second kappa shape index (κ2) is 6.95. The lowest BCUT2D eigenvalue weighted by Crippen LogP contribution is -2.43. The van der Waals surface area contributed by atoms with Crippen LogP contribution in [0, 0.1) is 13.8 Å². The fourth-order valence-corrected chi connectivity index (χ4v) is 4.06. The van der Waals surface area contributed by atoms with Crippen molar-refractivity contribution in [1.82, 2.24) is 5.32 Å². The van der Waals surface area contributed by atoms with Gasteiger partial charge in [-0.2, -0.15) is 0 Å². The molecule has 0 bridgehead atoms. The highest BCUT2D eigenvalue weighted by Gasteiger charge is 2.15. The molecule has 2 aromatic carbocycles. The highest BCUT2D eigenvalue weighted by atomic mass is 35.5. The van der Waals surface area contributed by atoms with E-state index in [1.807, 2.05) is 11.8 Å². The minimum Gasteiger partial charge on any atom is -0.368 e. The van der Waals surface area contributed by atoms with Crippen molar-refractivity contribution in [2.45, 2.75) is 23.6 Å². The van der Waals surface area contributed by atoms with Crippen molar-refractivity contribution in [2.75, 3.05) is 31.1 Å². The molecular weight excluding hydrogens is 312 g/mol. The normalized spacial score (nSPS) is 15.1. The first-order chi connectivity index (χ1) is 10.6. The zero-order valence-electron chi connectivity index (χ0n) is 13.0. The van der Waals surface area contributed by atoms with E-state index in [2.05, 4.69) is 60.5 Å². The highest BCUT2D eigenvalue weighted by Crippen LogP contribution is 2.38. The van der Waals surface area contributed by atoms with E-state index in [1.54, 1.807) is 0 Å². The summed E-state index contributed by atoms with van der Waals surface area (Å²) >= 11 is 8.12. The van der Waals surface area contributed by atoms with E-state index in [0.29, 0.717) is 0 Å². The Hall–Kier alpha value is -1.16. The summed E-state index contributed by atoms with van der Waals surface area (Å²) in [5, 5.41) is 4.25. The average molecular weight is 333 g/mol. The fraction of sp³-hybridized carbons (Fsp3) is 0.333. The minimum atomic E-state index is 0.841. The predicted octanol–water partition coefficient (Wildman–Crippen LogP) is 4.52. The Morgan fingerprint density at radius 3 is 2.50 bits per heavy atom. The van der Waals surface area contributed by atoms with Crippen LogP contribution in [0.2, 0.25) is 5.02 Å². The summed E-state index contributed by atoms with van der Waals surface area (Å²) in [6, 6.07) is 12.9. The molecule has 4 heteroatoms. The van der Waals surface area contributed by atoms with Crippen LogP contribution in [0.25, 0.3) is 0 Å². The standard InChI is InChI=1S/C18H21ClN2S/c1-13-11-14(2)18(12-15(13)19)22-17-6-4-3-5-16(17)21-9-7-20-8-10-21/h3-6,11-12,20H,7-10H2,1-2H3. The van der Waals surface area contributed by atoms with Gasteiger partial charge in [-0.15, -0.1) is 0 Å². The molecule has 0 saturated carbocycles. The van der Waals surface area contributed by atoms with Crippen LogP contribution >= 0.6 is 23.4 Å². The third-order valence-corrected chi connectivity index (χ3v) is 5.63. The van der Waals surface area contributed by atoms with Gasteiger partial charge < -0.3 is 10.2 Å². The Balaban J connectivity index is 1.91. The number of anilines is 1. The Bertz CT molecular complexity index is 666. The molecule has 2 aromatic rings. The number of piperazine rings is 1. The quantitative estimate of drug-likeness (QED) is 0.889. The van der Waals surface area contributed by atoms with Gasteiger partial charge in [-0.3, -0.25) is 0 Å². The number of aryl methyl sites for hydroxylation is 2. The van der Waals surface area contributed by atoms with Crippen LogP contribution in [0.1, 0.15) is 11.1 Å². The van der Waals surface area contributed by atoms with Crippen LogP contribution < -0.4 is 10.2 Å². The Morgan fingerprint density at radius 1 is 1.00 bits per heavy atom. The lowest BCUT2D eigenvalue weighted by atomic mass is 10.2. The number of hydrogen-bond acceptors (Lipinski definition) is 3. The van der Waals surface area contributed by atoms with Gasteiger partial charge in [0.1, 0.15) is 0 Å². The van der Waals surface area contributed by atoms with E-state index in [0.717, 1.165) is 36.8 Å². The maximum Gasteiger partial charge on any atom is 0.0508 e. The summed E-state index contributed by atoms with van der Waals surface area (Å²) in [7, 11) is 0. The lowest BCUT2D eigenvalue weighted by molar-refractivity contribution is 0.587. The van der Waals surface area contributed by atoms with Crippen molar-refractivity contribution >= 4 is 29.1 Å². The van der Waals surface area contributed by atoms with Crippen molar-refractivity contribution in [2.24, 2.45) is 0 Å². The molecule has 1 fully saturated rings. The van der Waals surface area contributed by atoms with E-state index in [4.69, 9.17) is 11.6 Å². The minimum absolute atomic E-state index is 0.841. The molecule has 1 aliphatic heterocycles. The number of hydrogen-bond donors (Lipinski definition) is 1. The lowest BCUT2D eigenvalue weighted by Gasteiger charge is -2.31. The summed E-state index contributed by atoms with van der Waals surface area (Å²) < 4.78 is 0. The molecule has 0 spiro atoms. The molecule has 22 heavy (non-hydrogen) atoms. The first-order valence-electron chi connectivity index (χ1n) is 7.64. The third-order valence-electron chi connectivity index (χ3n) is 4.00. The zero-order valence-corrected chi connectivity index (χ0v) is 14.6. The third kappa shape index (κ3) is 3.43. The highest BCUT2D eigenvalue weighted by molar-refractivity contribution is 7.99. The summed E-state index contributed by atoms with van der Waals surface area (Å²) in [4.78, 5) is 5.00. The Kier molecular flexibility index (Phi) is 4.97. The van der Waals surface area contributed by atoms with Gasteiger partial charge in [0.05, 0.1) is 5.69 Å². The van der Waals surface area contributed by atoms with Crippen molar-refractivity contribution < 1.29 is 0 Å².